The predicted molar refractivity (Wildman–Crippen MR) is 71.2 cm³/mol. The van der Waals surface area contributed by atoms with Crippen LogP contribution in [-0.4, -0.2) is 17.4 Å². The Kier molecular flexibility index (Phi) is 4.10. The number of anilines is 2. The van der Waals surface area contributed by atoms with Crippen LogP contribution in [-0.2, 0) is 4.79 Å². The molecule has 0 fully saturated rings. The van der Waals surface area contributed by atoms with E-state index in [1.54, 1.807) is 6.20 Å². The number of carbonyl (C=O) groups excluding carboxylic acids is 1. The fourth-order valence-electron chi connectivity index (χ4n) is 1.31. The molecule has 0 saturated carbocycles. The fraction of sp³-hybridized carbons (Fsp3) is 0.538. The van der Waals surface area contributed by atoms with Crippen molar-refractivity contribution in [1.29, 1.82) is 0 Å². The zero-order valence-corrected chi connectivity index (χ0v) is 11.2. The molecule has 0 saturated heterocycles. The van der Waals surface area contributed by atoms with Crippen LogP contribution in [0.4, 0.5) is 11.5 Å². The molecule has 17 heavy (non-hydrogen) atoms. The van der Waals surface area contributed by atoms with E-state index in [2.05, 4.69) is 15.6 Å². The van der Waals surface area contributed by atoms with Crippen LogP contribution in [0, 0.1) is 12.3 Å². The van der Waals surface area contributed by atoms with Gasteiger partial charge < -0.3 is 10.6 Å². The monoisotopic (exact) mass is 235 g/mol. The summed E-state index contributed by atoms with van der Waals surface area (Å²) in [5.74, 6) is 0.858. The summed E-state index contributed by atoms with van der Waals surface area (Å²) in [5, 5.41) is 6.03. The molecule has 4 nitrogen and oxygen atoms in total. The number of nitrogens with one attached hydrogen (secondary N) is 2. The molecule has 0 unspecified atom stereocenters. The molecule has 0 spiro atoms. The lowest BCUT2D eigenvalue weighted by Crippen LogP contribution is -2.27. The first-order valence-electron chi connectivity index (χ1n) is 5.86. The molecular formula is C13H21N3O. The maximum absolute atomic E-state index is 11.8. The summed E-state index contributed by atoms with van der Waals surface area (Å²) >= 11 is 0. The molecule has 1 rings (SSSR count). The minimum atomic E-state index is -0.395. The molecule has 1 aromatic heterocycles. The highest BCUT2D eigenvalue weighted by Crippen LogP contribution is 2.20. The summed E-state index contributed by atoms with van der Waals surface area (Å²) in [7, 11) is 0. The van der Waals surface area contributed by atoms with Gasteiger partial charge in [-0.05, 0) is 25.5 Å². The number of amides is 1. The highest BCUT2D eigenvalue weighted by molar-refractivity contribution is 5.94. The van der Waals surface area contributed by atoms with Crippen LogP contribution < -0.4 is 10.6 Å². The summed E-state index contributed by atoms with van der Waals surface area (Å²) in [5.41, 5.74) is 1.37. The molecular weight excluding hydrogens is 214 g/mol. The van der Waals surface area contributed by atoms with Gasteiger partial charge in [-0.25, -0.2) is 4.98 Å². The van der Waals surface area contributed by atoms with Crippen LogP contribution in [0.1, 0.15) is 33.3 Å². The number of carbonyl (C=O) groups is 1. The standard InChI is InChI=1S/C13H21N3O/c1-6-14-11-9(2)7-10(8-15-11)16-12(17)13(3,4)5/h7-8H,6H2,1-5H3,(H,14,15)(H,16,17). The summed E-state index contributed by atoms with van der Waals surface area (Å²) < 4.78 is 0. The van der Waals surface area contributed by atoms with Crippen LogP contribution in [0.5, 0.6) is 0 Å². The van der Waals surface area contributed by atoms with E-state index >= 15 is 0 Å². The molecule has 0 aliphatic rings. The first kappa shape index (κ1) is 13.5. The van der Waals surface area contributed by atoms with Crippen molar-refractivity contribution < 1.29 is 4.79 Å². The summed E-state index contributed by atoms with van der Waals surface area (Å²) in [4.78, 5) is 16.1. The average molecular weight is 235 g/mol. The maximum atomic E-state index is 11.8. The third-order valence-electron chi connectivity index (χ3n) is 2.36. The largest absolute Gasteiger partial charge is 0.370 e. The fourth-order valence-corrected chi connectivity index (χ4v) is 1.31. The second-order valence-electron chi connectivity index (χ2n) is 5.12. The maximum Gasteiger partial charge on any atom is 0.229 e. The van der Waals surface area contributed by atoms with E-state index in [9.17, 15) is 4.79 Å². The Balaban J connectivity index is 2.81. The van der Waals surface area contributed by atoms with Gasteiger partial charge >= 0.3 is 0 Å². The van der Waals surface area contributed by atoms with Gasteiger partial charge in [-0.1, -0.05) is 20.8 Å². The molecule has 0 radical (unpaired) electrons. The summed E-state index contributed by atoms with van der Waals surface area (Å²) in [6.07, 6.45) is 1.68. The first-order valence-corrected chi connectivity index (χ1v) is 5.86. The molecule has 4 heteroatoms. The number of nitrogens with zero attached hydrogens (tertiary/aromatic N) is 1. The molecule has 94 valence electrons. The van der Waals surface area contributed by atoms with Crippen LogP contribution >= 0.6 is 0 Å². The molecule has 0 aliphatic heterocycles. The molecule has 1 heterocycles. The van der Waals surface area contributed by atoms with Gasteiger partial charge in [0.25, 0.3) is 0 Å². The van der Waals surface area contributed by atoms with Crippen molar-refractivity contribution in [1.82, 2.24) is 4.98 Å². The number of aryl methyl sites for hydroxylation is 1. The minimum absolute atomic E-state index is 0.00472. The van der Waals surface area contributed by atoms with Crippen molar-refractivity contribution in [2.45, 2.75) is 34.6 Å². The quantitative estimate of drug-likeness (QED) is 0.847. The molecule has 1 amide bonds. The van der Waals surface area contributed by atoms with Crippen molar-refractivity contribution in [2.24, 2.45) is 5.41 Å². The van der Waals surface area contributed by atoms with Crippen LogP contribution in [0.3, 0.4) is 0 Å². The van der Waals surface area contributed by atoms with Crippen molar-refractivity contribution in [3.05, 3.63) is 17.8 Å². The Morgan fingerprint density at radius 3 is 2.53 bits per heavy atom. The van der Waals surface area contributed by atoms with Crippen molar-refractivity contribution in [3.8, 4) is 0 Å². The number of aromatic nitrogens is 1. The zero-order chi connectivity index (χ0) is 13.1. The van der Waals surface area contributed by atoms with Gasteiger partial charge in [0.1, 0.15) is 5.82 Å². The van der Waals surface area contributed by atoms with E-state index in [-0.39, 0.29) is 5.91 Å². The van der Waals surface area contributed by atoms with E-state index in [1.165, 1.54) is 0 Å². The van der Waals surface area contributed by atoms with Crippen LogP contribution in [0.15, 0.2) is 12.3 Å². The van der Waals surface area contributed by atoms with Gasteiger partial charge in [-0.2, -0.15) is 0 Å². The van der Waals surface area contributed by atoms with Gasteiger partial charge in [-0.3, -0.25) is 4.79 Å². The number of rotatable bonds is 3. The van der Waals surface area contributed by atoms with Gasteiger partial charge in [-0.15, -0.1) is 0 Å². The predicted octanol–water partition coefficient (Wildman–Crippen LogP) is 2.81. The highest BCUT2D eigenvalue weighted by Gasteiger charge is 2.21. The molecule has 0 bridgehead atoms. The first-order chi connectivity index (χ1) is 7.84. The van der Waals surface area contributed by atoms with E-state index in [0.29, 0.717) is 0 Å². The normalized spacial score (nSPS) is 11.1. The third kappa shape index (κ3) is 3.73. The van der Waals surface area contributed by atoms with Crippen LogP contribution in [0.25, 0.3) is 0 Å². The van der Waals surface area contributed by atoms with E-state index in [1.807, 2.05) is 40.7 Å². The number of hydrogen-bond acceptors (Lipinski definition) is 3. The van der Waals surface area contributed by atoms with Gasteiger partial charge in [0, 0.05) is 12.0 Å². The molecule has 0 atom stereocenters. The SMILES string of the molecule is CCNc1ncc(NC(=O)C(C)(C)C)cc1C. The average Bonchev–Trinajstić information content (AvgIpc) is 2.21. The number of hydrogen-bond donors (Lipinski definition) is 2. The molecule has 2 N–H and O–H groups in total. The lowest BCUT2D eigenvalue weighted by molar-refractivity contribution is -0.123. The van der Waals surface area contributed by atoms with E-state index < -0.39 is 5.41 Å². The molecule has 0 aromatic carbocycles. The van der Waals surface area contributed by atoms with Gasteiger partial charge in [0.2, 0.25) is 5.91 Å². The van der Waals surface area contributed by atoms with Crippen molar-refractivity contribution in [3.63, 3.8) is 0 Å². The topological polar surface area (TPSA) is 54.0 Å². The third-order valence-corrected chi connectivity index (χ3v) is 2.36. The summed E-state index contributed by atoms with van der Waals surface area (Å²) in [6, 6.07) is 1.93. The summed E-state index contributed by atoms with van der Waals surface area (Å²) in [6.45, 7) is 10.5. The van der Waals surface area contributed by atoms with Crippen molar-refractivity contribution in [2.75, 3.05) is 17.2 Å². The Morgan fingerprint density at radius 2 is 2.06 bits per heavy atom. The van der Waals surface area contributed by atoms with Gasteiger partial charge in [0.15, 0.2) is 0 Å². The Labute approximate surface area is 103 Å². The van der Waals surface area contributed by atoms with E-state index in [0.717, 1.165) is 23.6 Å². The Bertz CT molecular complexity index is 408. The second-order valence-corrected chi connectivity index (χ2v) is 5.12. The minimum Gasteiger partial charge on any atom is -0.370 e. The Morgan fingerprint density at radius 1 is 1.41 bits per heavy atom. The second kappa shape index (κ2) is 5.17. The number of pyridine rings is 1. The molecule has 0 aliphatic carbocycles. The van der Waals surface area contributed by atoms with Crippen LogP contribution in [0.2, 0.25) is 0 Å². The van der Waals surface area contributed by atoms with Crippen molar-refractivity contribution >= 4 is 17.4 Å². The van der Waals surface area contributed by atoms with E-state index in [4.69, 9.17) is 0 Å². The van der Waals surface area contributed by atoms with Gasteiger partial charge in [0.05, 0.1) is 11.9 Å². The highest BCUT2D eigenvalue weighted by atomic mass is 16.2. The lowest BCUT2D eigenvalue weighted by atomic mass is 9.95. The zero-order valence-electron chi connectivity index (χ0n) is 11.2. The smallest absolute Gasteiger partial charge is 0.229 e. The Hall–Kier alpha value is -1.58. The lowest BCUT2D eigenvalue weighted by Gasteiger charge is -2.18. The molecule has 1 aromatic rings.